The monoisotopic (exact) mass is 415 g/mol. The van der Waals surface area contributed by atoms with E-state index < -0.39 is 0 Å². The molecule has 0 aliphatic carbocycles. The number of piperazine rings is 1. The van der Waals surface area contributed by atoms with Crippen LogP contribution in [0.25, 0.3) is 0 Å². The minimum absolute atomic E-state index is 0.0660. The highest BCUT2D eigenvalue weighted by molar-refractivity contribution is 5.94. The third-order valence-corrected chi connectivity index (χ3v) is 5.64. The summed E-state index contributed by atoms with van der Waals surface area (Å²) < 4.78 is 5.77. The largest absolute Gasteiger partial charge is 0.489 e. The number of amides is 1. The van der Waals surface area contributed by atoms with Gasteiger partial charge < -0.3 is 19.9 Å². The molecule has 0 saturated carbocycles. The molecule has 1 aliphatic heterocycles. The Morgan fingerprint density at radius 2 is 1.55 bits per heavy atom. The van der Waals surface area contributed by atoms with Crippen LogP contribution in [0.3, 0.4) is 0 Å². The summed E-state index contributed by atoms with van der Waals surface area (Å²) in [7, 11) is 2.16. The highest BCUT2D eigenvalue weighted by Gasteiger charge is 2.17. The van der Waals surface area contributed by atoms with Gasteiger partial charge in [-0.3, -0.25) is 4.79 Å². The van der Waals surface area contributed by atoms with Gasteiger partial charge in [0.05, 0.1) is 0 Å². The Labute approximate surface area is 184 Å². The number of nitrogens with zero attached hydrogens (tertiary/aromatic N) is 2. The Bertz CT molecular complexity index is 981. The van der Waals surface area contributed by atoms with Gasteiger partial charge in [-0.15, -0.1) is 0 Å². The first-order valence-electron chi connectivity index (χ1n) is 10.8. The minimum atomic E-state index is -0.0660. The van der Waals surface area contributed by atoms with Crippen LogP contribution in [0.2, 0.25) is 0 Å². The van der Waals surface area contributed by atoms with Crippen LogP contribution in [0.4, 0.5) is 5.69 Å². The SMILES string of the molecule is CN1CCN(c2ccccc2CNC(=O)c2ccc(COc3ccccc3)cc2)CC1. The lowest BCUT2D eigenvalue weighted by Crippen LogP contribution is -2.45. The highest BCUT2D eigenvalue weighted by Crippen LogP contribution is 2.22. The van der Waals surface area contributed by atoms with E-state index in [0.29, 0.717) is 18.7 Å². The van der Waals surface area contributed by atoms with Crippen molar-refractivity contribution in [3.63, 3.8) is 0 Å². The van der Waals surface area contributed by atoms with E-state index in [-0.39, 0.29) is 5.91 Å². The Kier molecular flexibility index (Phi) is 6.85. The molecule has 0 radical (unpaired) electrons. The molecule has 1 fully saturated rings. The van der Waals surface area contributed by atoms with E-state index in [1.807, 2.05) is 60.7 Å². The quantitative estimate of drug-likeness (QED) is 0.635. The number of hydrogen-bond donors (Lipinski definition) is 1. The molecule has 3 aromatic carbocycles. The van der Waals surface area contributed by atoms with Gasteiger partial charge in [0.2, 0.25) is 0 Å². The fourth-order valence-electron chi connectivity index (χ4n) is 3.73. The van der Waals surface area contributed by atoms with E-state index >= 15 is 0 Å². The molecule has 31 heavy (non-hydrogen) atoms. The number of ether oxygens (including phenoxy) is 1. The summed E-state index contributed by atoms with van der Waals surface area (Å²) in [5.74, 6) is 0.770. The minimum Gasteiger partial charge on any atom is -0.489 e. The number of likely N-dealkylation sites (N-methyl/N-ethyl adjacent to an activating group) is 1. The molecule has 0 aromatic heterocycles. The zero-order valence-corrected chi connectivity index (χ0v) is 18.0. The molecule has 3 aromatic rings. The lowest BCUT2D eigenvalue weighted by Gasteiger charge is -2.35. The van der Waals surface area contributed by atoms with E-state index in [1.54, 1.807) is 0 Å². The first kappa shape index (κ1) is 20.9. The Balaban J connectivity index is 1.33. The van der Waals surface area contributed by atoms with Gasteiger partial charge in [0, 0.05) is 44.0 Å². The molecule has 160 valence electrons. The maximum Gasteiger partial charge on any atom is 0.251 e. The molecule has 1 amide bonds. The van der Waals surface area contributed by atoms with E-state index in [9.17, 15) is 4.79 Å². The molecule has 4 rings (SSSR count). The van der Waals surface area contributed by atoms with Crippen molar-refractivity contribution in [2.24, 2.45) is 0 Å². The van der Waals surface area contributed by atoms with Crippen molar-refractivity contribution in [3.05, 3.63) is 95.6 Å². The van der Waals surface area contributed by atoms with Crippen molar-refractivity contribution in [2.45, 2.75) is 13.2 Å². The van der Waals surface area contributed by atoms with E-state index in [1.165, 1.54) is 5.69 Å². The molecule has 1 heterocycles. The molecule has 0 atom stereocenters. The van der Waals surface area contributed by atoms with Gasteiger partial charge in [-0.05, 0) is 48.5 Å². The topological polar surface area (TPSA) is 44.8 Å². The second-order valence-corrected chi connectivity index (χ2v) is 7.90. The average Bonchev–Trinajstić information content (AvgIpc) is 2.83. The molecule has 1 saturated heterocycles. The van der Waals surface area contributed by atoms with Gasteiger partial charge in [-0.2, -0.15) is 0 Å². The normalized spacial score (nSPS) is 14.3. The molecule has 5 heteroatoms. The van der Waals surface area contributed by atoms with Gasteiger partial charge in [0.1, 0.15) is 12.4 Å². The van der Waals surface area contributed by atoms with Crippen molar-refractivity contribution in [1.82, 2.24) is 10.2 Å². The summed E-state index contributed by atoms with van der Waals surface area (Å²) in [5.41, 5.74) is 4.04. The van der Waals surface area contributed by atoms with Crippen molar-refractivity contribution >= 4 is 11.6 Å². The Hall–Kier alpha value is -3.31. The molecular formula is C26H29N3O2. The molecular weight excluding hydrogens is 386 g/mol. The fraction of sp³-hybridized carbons (Fsp3) is 0.269. The number of nitrogens with one attached hydrogen (secondary N) is 1. The van der Waals surface area contributed by atoms with Crippen LogP contribution in [-0.2, 0) is 13.2 Å². The third kappa shape index (κ3) is 5.64. The summed E-state index contributed by atoms with van der Waals surface area (Å²) in [6, 6.07) is 25.6. The maximum atomic E-state index is 12.7. The summed E-state index contributed by atoms with van der Waals surface area (Å²) >= 11 is 0. The standard InChI is InChI=1S/C26H29N3O2/c1-28-15-17-29(18-16-28)25-10-6-5-7-23(25)19-27-26(30)22-13-11-21(12-14-22)20-31-24-8-3-2-4-9-24/h2-14H,15-20H2,1H3,(H,27,30). The van der Waals surface area contributed by atoms with Gasteiger partial charge >= 0.3 is 0 Å². The summed E-state index contributed by atoms with van der Waals surface area (Å²) in [4.78, 5) is 17.4. The first-order valence-corrected chi connectivity index (χ1v) is 10.8. The van der Waals surface area contributed by atoms with E-state index in [0.717, 1.165) is 43.1 Å². The molecule has 0 bridgehead atoms. The molecule has 1 aliphatic rings. The lowest BCUT2D eigenvalue weighted by molar-refractivity contribution is 0.0951. The van der Waals surface area contributed by atoms with E-state index in [4.69, 9.17) is 4.74 Å². The summed E-state index contributed by atoms with van der Waals surface area (Å²) in [5, 5.41) is 3.07. The number of benzene rings is 3. The molecule has 1 N–H and O–H groups in total. The number of anilines is 1. The lowest BCUT2D eigenvalue weighted by atomic mass is 10.1. The number of rotatable bonds is 7. The zero-order chi connectivity index (χ0) is 21.5. The van der Waals surface area contributed by atoms with Crippen LogP contribution in [0.1, 0.15) is 21.5 Å². The van der Waals surface area contributed by atoms with Gasteiger partial charge in [0.25, 0.3) is 5.91 Å². The van der Waals surface area contributed by atoms with Gasteiger partial charge in [-0.25, -0.2) is 0 Å². The average molecular weight is 416 g/mol. The summed E-state index contributed by atoms with van der Waals surface area (Å²) in [6.45, 7) is 5.12. The smallest absolute Gasteiger partial charge is 0.251 e. The number of carbonyl (C=O) groups is 1. The first-order chi connectivity index (χ1) is 15.2. The Morgan fingerprint density at radius 1 is 0.871 bits per heavy atom. The van der Waals surface area contributed by atoms with Gasteiger partial charge in [-0.1, -0.05) is 48.5 Å². The fourth-order valence-corrected chi connectivity index (χ4v) is 3.73. The van der Waals surface area contributed by atoms with Crippen LogP contribution in [-0.4, -0.2) is 44.0 Å². The van der Waals surface area contributed by atoms with Crippen LogP contribution < -0.4 is 15.0 Å². The van der Waals surface area contributed by atoms with Crippen molar-refractivity contribution in [1.29, 1.82) is 0 Å². The second-order valence-electron chi connectivity index (χ2n) is 7.90. The number of hydrogen-bond acceptors (Lipinski definition) is 4. The van der Waals surface area contributed by atoms with Crippen LogP contribution in [0.5, 0.6) is 5.75 Å². The molecule has 0 spiro atoms. The van der Waals surface area contributed by atoms with E-state index in [2.05, 4.69) is 40.4 Å². The van der Waals surface area contributed by atoms with Gasteiger partial charge in [0.15, 0.2) is 0 Å². The van der Waals surface area contributed by atoms with Crippen LogP contribution in [0.15, 0.2) is 78.9 Å². The highest BCUT2D eigenvalue weighted by atomic mass is 16.5. The molecule has 0 unspecified atom stereocenters. The van der Waals surface area contributed by atoms with Crippen molar-refractivity contribution < 1.29 is 9.53 Å². The van der Waals surface area contributed by atoms with Crippen LogP contribution >= 0.6 is 0 Å². The molecule has 5 nitrogen and oxygen atoms in total. The second kappa shape index (κ2) is 10.1. The summed E-state index contributed by atoms with van der Waals surface area (Å²) in [6.07, 6.45) is 0. The van der Waals surface area contributed by atoms with Crippen molar-refractivity contribution in [3.8, 4) is 5.75 Å². The maximum absolute atomic E-state index is 12.7. The van der Waals surface area contributed by atoms with Crippen LogP contribution in [0, 0.1) is 0 Å². The predicted molar refractivity (Wildman–Crippen MR) is 125 cm³/mol. The third-order valence-electron chi connectivity index (χ3n) is 5.64. The van der Waals surface area contributed by atoms with Crippen molar-refractivity contribution in [2.75, 3.05) is 38.1 Å². The Morgan fingerprint density at radius 3 is 2.29 bits per heavy atom. The predicted octanol–water partition coefficient (Wildman–Crippen LogP) is 3.95. The number of para-hydroxylation sites is 2. The number of carbonyl (C=O) groups excluding carboxylic acids is 1. The zero-order valence-electron chi connectivity index (χ0n) is 18.0.